The Kier molecular flexibility index (Phi) is 4.49. The first kappa shape index (κ1) is 16.5. The summed E-state index contributed by atoms with van der Waals surface area (Å²) < 4.78 is 0. The van der Waals surface area contributed by atoms with Crippen molar-refractivity contribution in [3.05, 3.63) is 40.4 Å². The lowest BCUT2D eigenvalue weighted by Crippen LogP contribution is -2.60. The standard InChI is InChI=1S/C12H10N6O6/c13-16-8(7-9(19)14-12(22)15-10(7)20)11(21)17(18(23)24)6-4-2-1-3-5-6/h1-5,7H,13H2,(H2,14,15,19,20,22). The Morgan fingerprint density at radius 3 is 2.17 bits per heavy atom. The highest BCUT2D eigenvalue weighted by Crippen LogP contribution is 2.16. The number of para-hydroxylation sites is 1. The first-order valence-corrected chi connectivity index (χ1v) is 6.34. The van der Waals surface area contributed by atoms with Crippen LogP contribution in [0.1, 0.15) is 0 Å². The predicted octanol–water partition coefficient (Wildman–Crippen LogP) is -1.49. The summed E-state index contributed by atoms with van der Waals surface area (Å²) in [4.78, 5) is 58.2. The van der Waals surface area contributed by atoms with Crippen molar-refractivity contribution in [2.24, 2.45) is 16.9 Å². The van der Waals surface area contributed by atoms with E-state index in [9.17, 15) is 29.3 Å². The second kappa shape index (κ2) is 6.51. The number of barbiturate groups is 1. The first-order chi connectivity index (χ1) is 11.4. The van der Waals surface area contributed by atoms with Gasteiger partial charge >= 0.3 is 11.9 Å². The van der Waals surface area contributed by atoms with Gasteiger partial charge in [-0.05, 0) is 17.1 Å². The normalized spacial score (nSPS) is 15.5. The summed E-state index contributed by atoms with van der Waals surface area (Å²) in [6.45, 7) is 0. The lowest BCUT2D eigenvalue weighted by molar-refractivity contribution is -0.482. The number of amides is 5. The third kappa shape index (κ3) is 3.01. The van der Waals surface area contributed by atoms with E-state index in [2.05, 4.69) is 5.10 Å². The Labute approximate surface area is 133 Å². The molecule has 4 N–H and O–H groups in total. The number of nitro groups is 1. The molecule has 0 aliphatic carbocycles. The molecule has 1 aliphatic rings. The van der Waals surface area contributed by atoms with Gasteiger partial charge in [-0.15, -0.1) is 0 Å². The summed E-state index contributed by atoms with van der Waals surface area (Å²) in [7, 11) is 0. The fraction of sp³-hybridized carbons (Fsp3) is 0.0833. The number of nitrogens with one attached hydrogen (secondary N) is 2. The van der Waals surface area contributed by atoms with Gasteiger partial charge in [0.05, 0.1) is 0 Å². The number of benzene rings is 1. The van der Waals surface area contributed by atoms with Crippen LogP contribution in [0.2, 0.25) is 0 Å². The lowest BCUT2D eigenvalue weighted by atomic mass is 9.98. The van der Waals surface area contributed by atoms with E-state index >= 15 is 0 Å². The molecule has 1 aliphatic heterocycles. The Bertz CT molecular complexity index is 741. The van der Waals surface area contributed by atoms with Gasteiger partial charge in [-0.1, -0.05) is 18.2 Å². The van der Waals surface area contributed by atoms with Crippen LogP contribution in [-0.2, 0) is 14.4 Å². The monoisotopic (exact) mass is 334 g/mol. The minimum absolute atomic E-state index is 0.0860. The van der Waals surface area contributed by atoms with Crippen molar-refractivity contribution in [2.45, 2.75) is 0 Å². The number of rotatable bonds is 4. The summed E-state index contributed by atoms with van der Waals surface area (Å²) in [6.07, 6.45) is 0. The van der Waals surface area contributed by atoms with Gasteiger partial charge in [0.1, 0.15) is 5.69 Å². The molecule has 0 unspecified atom stereocenters. The smallest absolute Gasteiger partial charge is 0.323 e. The topological polar surface area (TPSA) is 177 Å². The molecule has 0 spiro atoms. The largest absolute Gasteiger partial charge is 0.337 e. The average Bonchev–Trinajstić information content (AvgIpc) is 2.51. The summed E-state index contributed by atoms with van der Waals surface area (Å²) in [5.74, 6) is -0.572. The second-order valence-electron chi connectivity index (χ2n) is 4.45. The van der Waals surface area contributed by atoms with E-state index in [4.69, 9.17) is 5.84 Å². The number of anilines is 1. The average molecular weight is 334 g/mol. The maximum absolute atomic E-state index is 12.4. The minimum atomic E-state index is -1.90. The fourth-order valence-electron chi connectivity index (χ4n) is 1.98. The van der Waals surface area contributed by atoms with E-state index in [1.54, 1.807) is 16.7 Å². The van der Waals surface area contributed by atoms with Gasteiger partial charge in [0.15, 0.2) is 16.7 Å². The van der Waals surface area contributed by atoms with Gasteiger partial charge in [-0.2, -0.15) is 5.10 Å². The summed E-state index contributed by atoms with van der Waals surface area (Å²) >= 11 is 0. The zero-order chi connectivity index (χ0) is 17.9. The highest BCUT2D eigenvalue weighted by molar-refractivity contribution is 6.51. The van der Waals surface area contributed by atoms with E-state index in [0.717, 1.165) is 0 Å². The van der Waals surface area contributed by atoms with E-state index in [0.29, 0.717) is 0 Å². The van der Waals surface area contributed by atoms with Crippen LogP contribution in [-0.4, -0.2) is 34.5 Å². The number of urea groups is 1. The van der Waals surface area contributed by atoms with Gasteiger partial charge in [0.25, 0.3) is 0 Å². The van der Waals surface area contributed by atoms with Crippen molar-refractivity contribution in [3.8, 4) is 0 Å². The Morgan fingerprint density at radius 1 is 1.17 bits per heavy atom. The molecule has 1 saturated heterocycles. The van der Waals surface area contributed by atoms with E-state index in [1.807, 2.05) is 0 Å². The number of nitrogens with two attached hydrogens (primary N) is 1. The van der Waals surface area contributed by atoms with E-state index in [1.165, 1.54) is 24.3 Å². The maximum atomic E-state index is 12.4. The van der Waals surface area contributed by atoms with Crippen LogP contribution >= 0.6 is 0 Å². The summed E-state index contributed by atoms with van der Waals surface area (Å²) in [6, 6.07) is 5.89. The molecule has 1 aromatic carbocycles. The SMILES string of the molecule is NN=C(C(=O)N(c1ccccc1)[N+](=O)[O-])C1C(=O)NC(=O)NC1=O. The number of imide groups is 2. The van der Waals surface area contributed by atoms with Gasteiger partial charge in [-0.25, -0.2) is 14.9 Å². The van der Waals surface area contributed by atoms with Crippen molar-refractivity contribution in [2.75, 3.05) is 5.01 Å². The molecule has 1 aromatic rings. The van der Waals surface area contributed by atoms with Crippen molar-refractivity contribution in [1.82, 2.24) is 10.6 Å². The van der Waals surface area contributed by atoms with Crippen molar-refractivity contribution < 1.29 is 24.2 Å². The number of hydrazine groups is 1. The number of hydrogen-bond donors (Lipinski definition) is 3. The van der Waals surface area contributed by atoms with Crippen LogP contribution in [0.4, 0.5) is 10.5 Å². The molecule has 124 valence electrons. The molecule has 24 heavy (non-hydrogen) atoms. The zero-order valence-corrected chi connectivity index (χ0v) is 11.8. The summed E-state index contributed by atoms with van der Waals surface area (Å²) in [5, 5.41) is 16.8. The Morgan fingerprint density at radius 2 is 1.71 bits per heavy atom. The molecule has 12 heteroatoms. The van der Waals surface area contributed by atoms with Crippen LogP contribution in [0.3, 0.4) is 0 Å². The molecule has 0 atom stereocenters. The van der Waals surface area contributed by atoms with Crippen LogP contribution in [0.5, 0.6) is 0 Å². The summed E-state index contributed by atoms with van der Waals surface area (Å²) in [5.41, 5.74) is -1.03. The van der Waals surface area contributed by atoms with Gasteiger partial charge in [-0.3, -0.25) is 25.0 Å². The third-order valence-electron chi connectivity index (χ3n) is 2.99. The molecule has 1 fully saturated rings. The zero-order valence-electron chi connectivity index (χ0n) is 11.8. The van der Waals surface area contributed by atoms with Crippen LogP contribution in [0.25, 0.3) is 0 Å². The highest BCUT2D eigenvalue weighted by atomic mass is 16.7. The highest BCUT2D eigenvalue weighted by Gasteiger charge is 2.45. The van der Waals surface area contributed by atoms with Crippen LogP contribution < -0.4 is 21.5 Å². The molecule has 0 aromatic heterocycles. The van der Waals surface area contributed by atoms with Crippen LogP contribution in [0.15, 0.2) is 35.4 Å². The van der Waals surface area contributed by atoms with Crippen molar-refractivity contribution in [1.29, 1.82) is 0 Å². The molecular weight excluding hydrogens is 324 g/mol. The molecule has 0 radical (unpaired) electrons. The van der Waals surface area contributed by atoms with Gasteiger partial charge in [0.2, 0.25) is 11.8 Å². The number of hydrazone groups is 1. The fourth-order valence-corrected chi connectivity index (χ4v) is 1.98. The second-order valence-corrected chi connectivity index (χ2v) is 4.45. The van der Waals surface area contributed by atoms with E-state index in [-0.39, 0.29) is 10.7 Å². The number of hydrogen-bond acceptors (Lipinski definition) is 8. The predicted molar refractivity (Wildman–Crippen MR) is 77.7 cm³/mol. The molecule has 12 nitrogen and oxygen atoms in total. The number of carbonyl (C=O) groups is 4. The minimum Gasteiger partial charge on any atom is -0.323 e. The molecular formula is C12H10N6O6. The maximum Gasteiger partial charge on any atom is 0.337 e. The molecule has 1 heterocycles. The van der Waals surface area contributed by atoms with Gasteiger partial charge < -0.3 is 5.84 Å². The quantitative estimate of drug-likeness (QED) is 0.197. The Balaban J connectivity index is 2.41. The first-order valence-electron chi connectivity index (χ1n) is 6.34. The molecule has 0 saturated carbocycles. The van der Waals surface area contributed by atoms with Gasteiger partial charge in [0, 0.05) is 0 Å². The van der Waals surface area contributed by atoms with Crippen molar-refractivity contribution in [3.63, 3.8) is 0 Å². The Hall–Kier alpha value is -3.83. The molecule has 2 rings (SSSR count). The third-order valence-corrected chi connectivity index (χ3v) is 2.99. The van der Waals surface area contributed by atoms with E-state index < -0.39 is 40.4 Å². The van der Waals surface area contributed by atoms with Crippen LogP contribution in [0, 0.1) is 16.0 Å². The van der Waals surface area contributed by atoms with Crippen molar-refractivity contribution >= 4 is 35.2 Å². The molecule has 0 bridgehead atoms. The number of nitrogens with zero attached hydrogens (tertiary/aromatic N) is 3. The number of carbonyl (C=O) groups excluding carboxylic acids is 4. The molecule has 5 amide bonds. The lowest BCUT2D eigenvalue weighted by Gasteiger charge is -2.22.